The SMILES string of the molecule is CC(C)(O/N=C(\C(=O)N[C@@H]1C(=O)N2C(C(=O)O)=C(C(=S)c3nnnn3N)CS[C@@H]12)c1csc(NC(c2ccccc2)(c2ccccc2)c2ccccc2)n1)C(N)=O. The molecule has 0 spiro atoms. The average molecular weight is 824 g/mol. The fraction of sp³-hybridized carbons (Fsp3) is 0.189. The van der Waals surface area contributed by atoms with Crippen molar-refractivity contribution in [2.75, 3.05) is 16.9 Å². The van der Waals surface area contributed by atoms with Crippen molar-refractivity contribution in [3.63, 3.8) is 0 Å². The number of tetrazole rings is 1. The van der Waals surface area contributed by atoms with Gasteiger partial charge < -0.3 is 32.2 Å². The molecule has 2 aliphatic rings. The number of aliphatic carboxylic acids is 1. The number of oxime groups is 1. The molecule has 2 atom stereocenters. The summed E-state index contributed by atoms with van der Waals surface area (Å²) in [7, 11) is 0. The number of nitrogen functional groups attached to an aromatic ring is 1. The number of carbonyl (C=O) groups is 4. The quantitative estimate of drug-likeness (QED) is 0.0205. The van der Waals surface area contributed by atoms with Crippen molar-refractivity contribution in [3.8, 4) is 0 Å². The highest BCUT2D eigenvalue weighted by molar-refractivity contribution is 8.00. The zero-order chi connectivity index (χ0) is 40.5. The van der Waals surface area contributed by atoms with Gasteiger partial charge in [0.05, 0.1) is 4.86 Å². The van der Waals surface area contributed by atoms with Crippen LogP contribution in [-0.4, -0.2) is 92.3 Å². The molecule has 17 nitrogen and oxygen atoms in total. The van der Waals surface area contributed by atoms with Gasteiger partial charge in [0.2, 0.25) is 11.4 Å². The van der Waals surface area contributed by atoms with Gasteiger partial charge in [-0.05, 0) is 41.0 Å². The van der Waals surface area contributed by atoms with Crippen LogP contribution in [0, 0.1) is 0 Å². The van der Waals surface area contributed by atoms with Crippen molar-refractivity contribution >= 4 is 74.7 Å². The number of amides is 3. The van der Waals surface area contributed by atoms with Crippen LogP contribution in [0.4, 0.5) is 5.13 Å². The number of carboxylic acids is 1. The monoisotopic (exact) mass is 823 g/mol. The molecule has 0 bridgehead atoms. The van der Waals surface area contributed by atoms with Crippen LogP contribution in [0.5, 0.6) is 0 Å². The Labute approximate surface area is 338 Å². The van der Waals surface area contributed by atoms with Crippen LogP contribution in [0.15, 0.2) is 113 Å². The highest BCUT2D eigenvalue weighted by Gasteiger charge is 2.55. The number of aromatic nitrogens is 5. The molecule has 4 heterocycles. The average Bonchev–Trinajstić information content (AvgIpc) is 3.87. The third-order valence-electron chi connectivity index (χ3n) is 9.26. The molecular formula is C37H33N11O6S3. The lowest BCUT2D eigenvalue weighted by atomic mass is 9.77. The summed E-state index contributed by atoms with van der Waals surface area (Å²) in [5, 5.41) is 32.4. The third-order valence-corrected chi connectivity index (χ3v) is 11.7. The predicted octanol–water partition coefficient (Wildman–Crippen LogP) is 2.39. The molecule has 0 radical (unpaired) electrons. The number of benzene rings is 3. The first-order valence-electron chi connectivity index (χ1n) is 17.1. The maximum atomic E-state index is 14.1. The van der Waals surface area contributed by atoms with Gasteiger partial charge in [-0.3, -0.25) is 19.3 Å². The molecule has 5 aromatic rings. The molecule has 0 aliphatic carbocycles. The lowest BCUT2D eigenvalue weighted by molar-refractivity contribution is -0.150. The smallest absolute Gasteiger partial charge is 0.353 e. The van der Waals surface area contributed by atoms with Gasteiger partial charge in [0, 0.05) is 16.7 Å². The molecule has 290 valence electrons. The fourth-order valence-electron chi connectivity index (χ4n) is 6.27. The molecule has 2 aliphatic heterocycles. The Kier molecular flexibility index (Phi) is 10.6. The Morgan fingerprint density at radius 1 is 0.982 bits per heavy atom. The molecule has 20 heteroatoms. The number of fused-ring (bicyclic) bond motifs is 1. The number of hydrogen-bond donors (Lipinski definition) is 5. The van der Waals surface area contributed by atoms with Gasteiger partial charge in [-0.25, -0.2) is 9.78 Å². The number of carboxylic acid groups (broad SMARTS) is 1. The van der Waals surface area contributed by atoms with E-state index in [0.29, 0.717) is 5.13 Å². The summed E-state index contributed by atoms with van der Waals surface area (Å²) in [6, 6.07) is 28.3. The number of nitrogens with two attached hydrogens (primary N) is 2. The number of primary amides is 1. The number of thiocarbonyl (C=S) groups is 1. The van der Waals surface area contributed by atoms with E-state index in [1.807, 2.05) is 91.0 Å². The number of thioether (sulfide) groups is 1. The molecule has 1 saturated heterocycles. The van der Waals surface area contributed by atoms with Crippen LogP contribution < -0.4 is 22.2 Å². The largest absolute Gasteiger partial charge is 0.477 e. The van der Waals surface area contributed by atoms with Crippen LogP contribution in [-0.2, 0) is 29.6 Å². The van der Waals surface area contributed by atoms with Gasteiger partial charge in [-0.1, -0.05) is 108 Å². The summed E-state index contributed by atoms with van der Waals surface area (Å²) in [5.74, 6) is 1.86. The van der Waals surface area contributed by atoms with Crippen LogP contribution in [0.3, 0.4) is 0 Å². The van der Waals surface area contributed by atoms with E-state index in [0.717, 1.165) is 26.4 Å². The first kappa shape index (κ1) is 38.8. The minimum absolute atomic E-state index is 0.0398. The van der Waals surface area contributed by atoms with Crippen LogP contribution in [0.2, 0.25) is 0 Å². The number of nitrogens with zero attached hydrogens (tertiary/aromatic N) is 7. The van der Waals surface area contributed by atoms with Crippen molar-refractivity contribution in [3.05, 3.63) is 136 Å². The maximum Gasteiger partial charge on any atom is 0.353 e. The van der Waals surface area contributed by atoms with Crippen molar-refractivity contribution < 1.29 is 29.1 Å². The van der Waals surface area contributed by atoms with E-state index in [2.05, 4.69) is 31.3 Å². The van der Waals surface area contributed by atoms with Crippen molar-refractivity contribution in [1.29, 1.82) is 0 Å². The third kappa shape index (κ3) is 7.20. The summed E-state index contributed by atoms with van der Waals surface area (Å²) >= 11 is 7.82. The number of thiazole rings is 1. The molecule has 2 aromatic heterocycles. The van der Waals surface area contributed by atoms with Gasteiger partial charge in [-0.15, -0.1) is 33.0 Å². The topological polar surface area (TPSA) is 246 Å². The van der Waals surface area contributed by atoms with Gasteiger partial charge in [0.1, 0.15) is 28.3 Å². The normalized spacial score (nSPS) is 17.0. The number of rotatable bonds is 14. The second-order valence-corrected chi connectivity index (χ2v) is 15.6. The minimum atomic E-state index is -1.63. The van der Waals surface area contributed by atoms with Gasteiger partial charge in [-0.2, -0.15) is 0 Å². The second kappa shape index (κ2) is 15.6. The first-order valence-corrected chi connectivity index (χ1v) is 19.4. The number of β-lactam (4-membered cyclic amide) rings is 1. The Bertz CT molecular complexity index is 2340. The highest BCUT2D eigenvalue weighted by Crippen LogP contribution is 2.42. The maximum absolute atomic E-state index is 14.1. The zero-order valence-electron chi connectivity index (χ0n) is 30.1. The number of nitrogens with one attached hydrogen (secondary N) is 2. The second-order valence-electron chi connectivity index (χ2n) is 13.2. The summed E-state index contributed by atoms with van der Waals surface area (Å²) in [4.78, 5) is 64.5. The Hall–Kier alpha value is -6.51. The van der Waals surface area contributed by atoms with Crippen molar-refractivity contribution in [1.82, 2.24) is 35.5 Å². The summed E-state index contributed by atoms with van der Waals surface area (Å²) < 4.78 is 0. The van der Waals surface area contributed by atoms with E-state index in [1.165, 1.54) is 36.9 Å². The molecule has 3 aromatic carbocycles. The zero-order valence-corrected chi connectivity index (χ0v) is 32.5. The van der Waals surface area contributed by atoms with E-state index in [1.54, 1.807) is 5.38 Å². The van der Waals surface area contributed by atoms with Crippen molar-refractivity contribution in [2.24, 2.45) is 10.9 Å². The molecule has 7 N–H and O–H groups in total. The standard InChI is InChI=1S/C37H33N11O6S3/c1-36(2,34(38)53)54-44-25(30(49)41-26-31(50)47-27(33(51)52)23(18-56-32(26)47)28(55)29-43-45-46-48(29)39)24-19-57-35(40-24)42-37(20-12-6-3-7-13-20,21-14-8-4-9-15-21)22-16-10-5-11-17-22/h3-17,19,26,32H,18,39H2,1-2H3,(H2,38,53)(H,40,42)(H,41,49)(H,51,52)/b44-25-/t26-,32+/m1/s1. The van der Waals surface area contributed by atoms with E-state index < -0.39 is 46.2 Å². The molecule has 7 rings (SSSR count). The summed E-state index contributed by atoms with van der Waals surface area (Å²) in [5.41, 5.74) is 5.12. The van der Waals surface area contributed by atoms with E-state index >= 15 is 0 Å². The summed E-state index contributed by atoms with van der Waals surface area (Å²) in [6.45, 7) is 2.76. The van der Waals surface area contributed by atoms with Gasteiger partial charge in [0.15, 0.2) is 10.8 Å². The summed E-state index contributed by atoms with van der Waals surface area (Å²) in [6.07, 6.45) is 0. The van der Waals surface area contributed by atoms with Crippen LogP contribution >= 0.6 is 35.3 Å². The lowest BCUT2D eigenvalue weighted by Gasteiger charge is -2.49. The number of anilines is 1. The van der Waals surface area contributed by atoms with E-state index in [4.69, 9.17) is 33.6 Å². The Balaban J connectivity index is 1.22. The highest BCUT2D eigenvalue weighted by atomic mass is 32.2. The van der Waals surface area contributed by atoms with Crippen LogP contribution in [0.1, 0.15) is 42.1 Å². The first-order chi connectivity index (χ1) is 27.3. The van der Waals surface area contributed by atoms with Gasteiger partial charge in [0.25, 0.3) is 17.7 Å². The fourth-order valence-corrected chi connectivity index (χ4v) is 8.77. The van der Waals surface area contributed by atoms with Crippen molar-refractivity contribution in [2.45, 2.75) is 36.4 Å². The number of carbonyl (C=O) groups excluding carboxylic acids is 3. The van der Waals surface area contributed by atoms with Gasteiger partial charge >= 0.3 is 5.97 Å². The van der Waals surface area contributed by atoms with Crippen LogP contribution in [0.25, 0.3) is 0 Å². The molecule has 0 saturated carbocycles. The molecular weight excluding hydrogens is 791 g/mol. The lowest BCUT2D eigenvalue weighted by Crippen LogP contribution is -2.71. The van der Waals surface area contributed by atoms with E-state index in [9.17, 15) is 24.3 Å². The Morgan fingerprint density at radius 2 is 1.56 bits per heavy atom. The van der Waals surface area contributed by atoms with E-state index in [-0.39, 0.29) is 39.1 Å². The molecule has 0 unspecified atom stereocenters. The minimum Gasteiger partial charge on any atom is -0.477 e. The Morgan fingerprint density at radius 3 is 2.07 bits per heavy atom. The molecule has 3 amide bonds. The number of hydrogen-bond acceptors (Lipinski definition) is 15. The molecule has 57 heavy (non-hydrogen) atoms. The predicted molar refractivity (Wildman–Crippen MR) is 215 cm³/mol. The molecule has 1 fully saturated rings.